The van der Waals surface area contributed by atoms with Gasteiger partial charge in [-0.05, 0) is 47.7 Å². The number of pyridine rings is 2. The van der Waals surface area contributed by atoms with Gasteiger partial charge < -0.3 is 10.1 Å². The van der Waals surface area contributed by atoms with Crippen molar-refractivity contribution in [2.75, 3.05) is 13.1 Å². The van der Waals surface area contributed by atoms with E-state index in [1.807, 2.05) is 48.7 Å². The molecule has 1 fully saturated rings. The molecule has 6 heteroatoms. The van der Waals surface area contributed by atoms with E-state index in [0.717, 1.165) is 34.8 Å². The number of halogens is 1. The van der Waals surface area contributed by atoms with Crippen LogP contribution in [0.25, 0.3) is 21.8 Å². The van der Waals surface area contributed by atoms with Crippen molar-refractivity contribution in [3.05, 3.63) is 87.3 Å². The molecule has 0 aliphatic carbocycles. The molecular weight excluding hydrogens is 398 g/mol. The van der Waals surface area contributed by atoms with Crippen LogP contribution in [0.3, 0.4) is 0 Å². The van der Waals surface area contributed by atoms with E-state index < -0.39 is 6.10 Å². The van der Waals surface area contributed by atoms with Crippen molar-refractivity contribution in [1.29, 1.82) is 0 Å². The summed E-state index contributed by atoms with van der Waals surface area (Å²) in [5.41, 5.74) is 3.50. The zero-order valence-corrected chi connectivity index (χ0v) is 17.1. The average molecular weight is 420 g/mol. The van der Waals surface area contributed by atoms with Gasteiger partial charge in [0.15, 0.2) is 0 Å². The highest BCUT2D eigenvalue weighted by Gasteiger charge is 2.32. The molecule has 2 aromatic heterocycles. The molecule has 2 atom stereocenters. The van der Waals surface area contributed by atoms with Crippen LogP contribution in [0.4, 0.5) is 0 Å². The minimum Gasteiger partial charge on any atom is -0.391 e. The number of aromatic nitrogens is 2. The number of rotatable bonds is 4. The summed E-state index contributed by atoms with van der Waals surface area (Å²) in [6, 6.07) is 17.5. The standard InChI is InChI=1S/C24H22ClN3O2/c25-19-6-5-16-10-18(24(30)27-22(16)11-19)13-28-12-17(23(29)14-28)9-15-7-8-26-21-4-2-1-3-20(15)21/h1-8,10-11,17,23,29H,9,12-14H2,(H,27,30)/t17-,23+/m1/s1. The van der Waals surface area contributed by atoms with Crippen LogP contribution in [0.15, 0.2) is 65.6 Å². The van der Waals surface area contributed by atoms with Crippen molar-refractivity contribution < 1.29 is 5.11 Å². The Morgan fingerprint density at radius 1 is 1.10 bits per heavy atom. The maximum atomic E-state index is 12.5. The lowest BCUT2D eigenvalue weighted by Crippen LogP contribution is -2.25. The van der Waals surface area contributed by atoms with Gasteiger partial charge in [-0.1, -0.05) is 35.9 Å². The molecule has 2 aromatic carbocycles. The highest BCUT2D eigenvalue weighted by molar-refractivity contribution is 6.31. The van der Waals surface area contributed by atoms with Crippen LogP contribution in [0.1, 0.15) is 11.1 Å². The molecule has 0 unspecified atom stereocenters. The minimum absolute atomic E-state index is 0.108. The van der Waals surface area contributed by atoms with Gasteiger partial charge in [-0.2, -0.15) is 0 Å². The molecule has 0 bridgehead atoms. The second-order valence-electron chi connectivity index (χ2n) is 8.07. The Kier molecular flexibility index (Phi) is 5.03. The molecule has 0 saturated carbocycles. The third-order valence-corrected chi connectivity index (χ3v) is 6.22. The predicted octanol–water partition coefficient (Wildman–Crippen LogP) is 3.77. The molecule has 1 saturated heterocycles. The Balaban J connectivity index is 1.34. The smallest absolute Gasteiger partial charge is 0.252 e. The molecule has 0 radical (unpaired) electrons. The second kappa shape index (κ2) is 7.84. The van der Waals surface area contributed by atoms with Gasteiger partial charge in [-0.3, -0.25) is 14.7 Å². The number of nitrogens with one attached hydrogen (secondary N) is 1. The number of β-amino-alcohol motifs (C(OH)–C–C–N with tert-alkyl or cyclic N) is 1. The van der Waals surface area contributed by atoms with Gasteiger partial charge in [0.1, 0.15) is 0 Å². The van der Waals surface area contributed by atoms with Crippen LogP contribution >= 0.6 is 11.6 Å². The summed E-state index contributed by atoms with van der Waals surface area (Å²) in [6.45, 7) is 1.82. The van der Waals surface area contributed by atoms with E-state index in [-0.39, 0.29) is 11.5 Å². The normalized spacial score (nSPS) is 19.7. The molecule has 0 amide bonds. The molecule has 30 heavy (non-hydrogen) atoms. The topological polar surface area (TPSA) is 69.2 Å². The lowest BCUT2D eigenvalue weighted by molar-refractivity contribution is 0.141. The number of hydrogen-bond donors (Lipinski definition) is 2. The SMILES string of the molecule is O=c1[nH]c2cc(Cl)ccc2cc1CN1C[C@@H](Cc2ccnc3ccccc23)[C@@H](O)C1. The van der Waals surface area contributed by atoms with Gasteiger partial charge in [0.25, 0.3) is 5.56 Å². The van der Waals surface area contributed by atoms with E-state index in [9.17, 15) is 9.90 Å². The monoisotopic (exact) mass is 419 g/mol. The average Bonchev–Trinajstić information content (AvgIpc) is 3.08. The first-order valence-corrected chi connectivity index (χ1v) is 10.5. The Labute approximate surface area is 178 Å². The molecule has 0 spiro atoms. The number of fused-ring (bicyclic) bond motifs is 2. The van der Waals surface area contributed by atoms with Gasteiger partial charge >= 0.3 is 0 Å². The van der Waals surface area contributed by atoms with E-state index >= 15 is 0 Å². The Hall–Kier alpha value is -2.73. The highest BCUT2D eigenvalue weighted by atomic mass is 35.5. The first-order chi connectivity index (χ1) is 14.6. The van der Waals surface area contributed by atoms with Crippen LogP contribution in [0.5, 0.6) is 0 Å². The molecule has 5 nitrogen and oxygen atoms in total. The predicted molar refractivity (Wildman–Crippen MR) is 120 cm³/mol. The number of aromatic amines is 1. The Bertz CT molecular complexity index is 1280. The number of benzene rings is 2. The van der Waals surface area contributed by atoms with E-state index in [4.69, 9.17) is 11.6 Å². The summed E-state index contributed by atoms with van der Waals surface area (Å²) >= 11 is 6.02. The second-order valence-corrected chi connectivity index (χ2v) is 8.50. The Morgan fingerprint density at radius 2 is 1.97 bits per heavy atom. The van der Waals surface area contributed by atoms with Gasteiger partial charge in [0, 0.05) is 53.2 Å². The summed E-state index contributed by atoms with van der Waals surface area (Å²) in [6.07, 6.45) is 2.19. The first kappa shape index (κ1) is 19.2. The van der Waals surface area contributed by atoms with Crippen molar-refractivity contribution in [3.63, 3.8) is 0 Å². The molecular formula is C24H22ClN3O2. The van der Waals surface area contributed by atoms with Gasteiger partial charge in [0.05, 0.1) is 11.6 Å². The number of H-pyrrole nitrogens is 1. The van der Waals surface area contributed by atoms with E-state index in [1.54, 1.807) is 6.07 Å². The summed E-state index contributed by atoms with van der Waals surface area (Å²) in [5.74, 6) is 0.120. The zero-order valence-electron chi connectivity index (χ0n) is 16.4. The quantitative estimate of drug-likeness (QED) is 0.528. The Morgan fingerprint density at radius 3 is 2.87 bits per heavy atom. The number of aliphatic hydroxyl groups excluding tert-OH is 1. The van der Waals surface area contributed by atoms with Crippen molar-refractivity contribution in [2.45, 2.75) is 19.1 Å². The number of para-hydroxylation sites is 1. The van der Waals surface area contributed by atoms with E-state index in [0.29, 0.717) is 23.7 Å². The number of nitrogens with zero attached hydrogens (tertiary/aromatic N) is 2. The third kappa shape index (κ3) is 3.72. The minimum atomic E-state index is -0.421. The molecule has 152 valence electrons. The lowest BCUT2D eigenvalue weighted by Gasteiger charge is -2.16. The van der Waals surface area contributed by atoms with Crippen molar-refractivity contribution in [1.82, 2.24) is 14.9 Å². The van der Waals surface area contributed by atoms with Crippen LogP contribution < -0.4 is 5.56 Å². The van der Waals surface area contributed by atoms with E-state index in [2.05, 4.69) is 20.9 Å². The fourth-order valence-electron chi connectivity index (χ4n) is 4.46. The van der Waals surface area contributed by atoms with Gasteiger partial charge in [0.2, 0.25) is 0 Å². The first-order valence-electron chi connectivity index (χ1n) is 10.1. The molecule has 4 aromatic rings. The largest absolute Gasteiger partial charge is 0.391 e. The maximum absolute atomic E-state index is 12.5. The summed E-state index contributed by atoms with van der Waals surface area (Å²) in [4.78, 5) is 22.0. The molecule has 1 aliphatic rings. The van der Waals surface area contributed by atoms with Gasteiger partial charge in [-0.25, -0.2) is 0 Å². The third-order valence-electron chi connectivity index (χ3n) is 5.98. The zero-order chi connectivity index (χ0) is 20.7. The summed E-state index contributed by atoms with van der Waals surface area (Å²) in [7, 11) is 0. The van der Waals surface area contributed by atoms with Gasteiger partial charge in [-0.15, -0.1) is 0 Å². The number of likely N-dealkylation sites (tertiary alicyclic amines) is 1. The maximum Gasteiger partial charge on any atom is 0.252 e. The van der Waals surface area contributed by atoms with Crippen molar-refractivity contribution in [2.24, 2.45) is 5.92 Å². The van der Waals surface area contributed by atoms with Crippen LogP contribution in [-0.4, -0.2) is 39.2 Å². The number of hydrogen-bond acceptors (Lipinski definition) is 4. The molecule has 3 heterocycles. The molecule has 5 rings (SSSR count). The number of aliphatic hydroxyl groups is 1. The van der Waals surface area contributed by atoms with Crippen LogP contribution in [0, 0.1) is 5.92 Å². The fraction of sp³-hybridized carbons (Fsp3) is 0.250. The van der Waals surface area contributed by atoms with E-state index in [1.165, 1.54) is 5.56 Å². The molecule has 2 N–H and O–H groups in total. The van der Waals surface area contributed by atoms with Crippen molar-refractivity contribution in [3.8, 4) is 0 Å². The highest BCUT2D eigenvalue weighted by Crippen LogP contribution is 2.26. The molecule has 1 aliphatic heterocycles. The summed E-state index contributed by atoms with van der Waals surface area (Å²) < 4.78 is 0. The van der Waals surface area contributed by atoms with Crippen molar-refractivity contribution >= 4 is 33.4 Å². The lowest BCUT2D eigenvalue weighted by atomic mass is 9.94. The van der Waals surface area contributed by atoms with Crippen LogP contribution in [-0.2, 0) is 13.0 Å². The summed E-state index contributed by atoms with van der Waals surface area (Å²) in [5, 5.41) is 13.4. The van der Waals surface area contributed by atoms with Crippen LogP contribution in [0.2, 0.25) is 5.02 Å². The fourth-order valence-corrected chi connectivity index (χ4v) is 4.64.